The monoisotopic (exact) mass is 618 g/mol. The number of amides is 4. The first-order valence-corrected chi connectivity index (χ1v) is 15.3. The van der Waals surface area contributed by atoms with E-state index in [0.717, 1.165) is 0 Å². The van der Waals surface area contributed by atoms with Crippen LogP contribution in [0.15, 0.2) is 18.2 Å². The van der Waals surface area contributed by atoms with Gasteiger partial charge < -0.3 is 39.3 Å². The number of carbonyl (C=O) groups is 5. The first kappa shape index (κ1) is 34.6. The van der Waals surface area contributed by atoms with Gasteiger partial charge in [0.05, 0.1) is 11.7 Å². The molecule has 2 aliphatic heterocycles. The maximum atomic E-state index is 14.0. The number of esters is 1. The molecule has 0 aromatic heterocycles. The molecule has 2 atom stereocenters. The van der Waals surface area contributed by atoms with Crippen molar-refractivity contribution in [1.82, 2.24) is 15.1 Å². The molecule has 1 aromatic rings. The van der Waals surface area contributed by atoms with E-state index in [9.17, 15) is 24.0 Å². The van der Waals surface area contributed by atoms with Crippen molar-refractivity contribution >= 4 is 35.5 Å². The second-order valence-electron chi connectivity index (χ2n) is 11.8. The Labute approximate surface area is 258 Å². The minimum absolute atomic E-state index is 0.0174. The van der Waals surface area contributed by atoms with Gasteiger partial charge in [0, 0.05) is 64.2 Å². The topological polar surface area (TPSA) is 155 Å². The van der Waals surface area contributed by atoms with Crippen LogP contribution in [0.5, 0.6) is 5.75 Å². The Bertz CT molecular complexity index is 1220. The highest BCUT2D eigenvalue weighted by Gasteiger charge is 2.41. The quantitative estimate of drug-likeness (QED) is 0.266. The van der Waals surface area contributed by atoms with Crippen LogP contribution in [0.1, 0.15) is 84.0 Å². The van der Waals surface area contributed by atoms with Gasteiger partial charge in [0.1, 0.15) is 5.75 Å². The molecule has 244 valence electrons. The summed E-state index contributed by atoms with van der Waals surface area (Å²) in [5.41, 5.74) is -0.308. The van der Waals surface area contributed by atoms with E-state index in [-0.39, 0.29) is 68.9 Å². The lowest BCUT2D eigenvalue weighted by atomic mass is 9.99. The van der Waals surface area contributed by atoms with Crippen molar-refractivity contribution in [2.24, 2.45) is 0 Å². The van der Waals surface area contributed by atoms with Gasteiger partial charge in [-0.25, -0.2) is 4.79 Å². The van der Waals surface area contributed by atoms with Crippen LogP contribution in [0.3, 0.4) is 0 Å². The fourth-order valence-corrected chi connectivity index (χ4v) is 5.38. The van der Waals surface area contributed by atoms with Gasteiger partial charge in [-0.2, -0.15) is 0 Å². The van der Waals surface area contributed by atoms with Crippen LogP contribution in [0.4, 0.5) is 10.5 Å². The van der Waals surface area contributed by atoms with E-state index in [4.69, 9.17) is 19.3 Å². The van der Waals surface area contributed by atoms with Crippen LogP contribution in [-0.2, 0) is 23.9 Å². The number of nitrogens with zero attached hydrogens (tertiary/aromatic N) is 3. The SMILES string of the molecule is CCC(=O)NCCN1C(=O)C(C)(C)Oc2ccc(C(=O)N(C(C)C)[C@@H]3CCCN(C(=O)OC(C)OC(=O)CCCO)C3)cc21. The van der Waals surface area contributed by atoms with E-state index in [1.165, 1.54) is 11.8 Å². The van der Waals surface area contributed by atoms with Crippen molar-refractivity contribution in [3.05, 3.63) is 23.8 Å². The van der Waals surface area contributed by atoms with Crippen LogP contribution in [0.2, 0.25) is 0 Å². The average Bonchev–Trinajstić information content (AvgIpc) is 2.97. The number of carbonyl (C=O) groups excluding carboxylic acids is 5. The number of rotatable bonds is 12. The number of piperidine rings is 1. The predicted molar refractivity (Wildman–Crippen MR) is 161 cm³/mol. The van der Waals surface area contributed by atoms with Gasteiger partial charge in [0.2, 0.25) is 12.2 Å². The number of aliphatic hydroxyl groups is 1. The van der Waals surface area contributed by atoms with Crippen LogP contribution in [0.25, 0.3) is 0 Å². The van der Waals surface area contributed by atoms with Crippen LogP contribution in [-0.4, -0.2) is 101 Å². The molecule has 0 saturated carbocycles. The molecule has 1 unspecified atom stereocenters. The lowest BCUT2D eigenvalue weighted by molar-refractivity contribution is -0.166. The summed E-state index contributed by atoms with van der Waals surface area (Å²) >= 11 is 0. The van der Waals surface area contributed by atoms with Crippen molar-refractivity contribution in [2.75, 3.05) is 37.7 Å². The maximum absolute atomic E-state index is 14.0. The summed E-state index contributed by atoms with van der Waals surface area (Å²) in [5, 5.41) is 11.7. The lowest BCUT2D eigenvalue weighted by Gasteiger charge is -2.42. The number of anilines is 1. The summed E-state index contributed by atoms with van der Waals surface area (Å²) in [7, 11) is 0. The highest BCUT2D eigenvalue weighted by molar-refractivity contribution is 6.04. The fourth-order valence-electron chi connectivity index (χ4n) is 5.38. The fraction of sp³-hybridized carbons (Fsp3) is 0.645. The Hall–Kier alpha value is -3.87. The zero-order valence-corrected chi connectivity index (χ0v) is 26.6. The Morgan fingerprint density at radius 2 is 1.91 bits per heavy atom. The van der Waals surface area contributed by atoms with Crippen LogP contribution in [0, 0.1) is 0 Å². The normalized spacial score (nSPS) is 18.2. The average molecular weight is 619 g/mol. The maximum Gasteiger partial charge on any atom is 0.412 e. The molecular formula is C31H46N4O9. The molecule has 2 heterocycles. The van der Waals surface area contributed by atoms with Crippen LogP contribution < -0.4 is 15.0 Å². The van der Waals surface area contributed by atoms with Gasteiger partial charge in [0.15, 0.2) is 5.60 Å². The minimum atomic E-state index is -1.12. The molecule has 13 nitrogen and oxygen atoms in total. The van der Waals surface area contributed by atoms with Crippen molar-refractivity contribution < 1.29 is 43.3 Å². The summed E-state index contributed by atoms with van der Waals surface area (Å²) in [4.78, 5) is 68.6. The molecule has 44 heavy (non-hydrogen) atoms. The predicted octanol–water partition coefficient (Wildman–Crippen LogP) is 2.83. The van der Waals surface area contributed by atoms with E-state index in [0.29, 0.717) is 42.8 Å². The molecule has 13 heteroatoms. The van der Waals surface area contributed by atoms with Gasteiger partial charge in [0.25, 0.3) is 11.8 Å². The summed E-state index contributed by atoms with van der Waals surface area (Å²) in [6.07, 6.45) is 0.170. The van der Waals surface area contributed by atoms with Crippen LogP contribution >= 0.6 is 0 Å². The molecule has 0 aliphatic carbocycles. The Kier molecular flexibility index (Phi) is 12.0. The summed E-state index contributed by atoms with van der Waals surface area (Å²) in [6, 6.07) is 4.48. The molecule has 1 aromatic carbocycles. The number of benzene rings is 1. The third kappa shape index (κ3) is 8.61. The number of aliphatic hydroxyl groups excluding tert-OH is 1. The first-order valence-electron chi connectivity index (χ1n) is 15.3. The largest absolute Gasteiger partial charge is 0.476 e. The molecular weight excluding hydrogens is 572 g/mol. The number of fused-ring (bicyclic) bond motifs is 1. The van der Waals surface area contributed by atoms with E-state index < -0.39 is 24.0 Å². The Morgan fingerprint density at radius 1 is 1.18 bits per heavy atom. The molecule has 2 aliphatic rings. The standard InChI is InChI=1S/C31H46N4O9/c1-7-26(37)32-14-16-34-24-18-22(12-13-25(24)44-31(5,6)29(34)40)28(39)35(20(2)3)23-10-8-15-33(19-23)30(41)43-21(4)42-27(38)11-9-17-36/h12-13,18,20-21,23,36H,7-11,14-17,19H2,1-6H3,(H,32,37)/t21?,23-/m1/s1. The molecule has 0 bridgehead atoms. The third-order valence-corrected chi connectivity index (χ3v) is 7.54. The molecule has 2 N–H and O–H groups in total. The van der Waals surface area contributed by atoms with Crippen molar-refractivity contribution in [2.45, 2.75) is 97.6 Å². The number of ether oxygens (including phenoxy) is 3. The number of likely N-dealkylation sites (tertiary alicyclic amines) is 1. The van der Waals surface area contributed by atoms with Gasteiger partial charge in [-0.15, -0.1) is 0 Å². The third-order valence-electron chi connectivity index (χ3n) is 7.54. The van der Waals surface area contributed by atoms with Crippen molar-refractivity contribution in [1.29, 1.82) is 0 Å². The first-order chi connectivity index (χ1) is 20.8. The number of nitrogens with one attached hydrogen (secondary N) is 1. The minimum Gasteiger partial charge on any atom is -0.476 e. The molecule has 4 amide bonds. The Balaban J connectivity index is 1.77. The highest BCUT2D eigenvalue weighted by atomic mass is 16.7. The zero-order chi connectivity index (χ0) is 32.6. The molecule has 3 rings (SSSR count). The lowest BCUT2D eigenvalue weighted by Crippen LogP contribution is -2.55. The van der Waals surface area contributed by atoms with Crippen molar-refractivity contribution in [3.63, 3.8) is 0 Å². The van der Waals surface area contributed by atoms with Gasteiger partial charge in [-0.1, -0.05) is 6.92 Å². The zero-order valence-electron chi connectivity index (χ0n) is 26.6. The summed E-state index contributed by atoms with van der Waals surface area (Å²) < 4.78 is 16.4. The second-order valence-corrected chi connectivity index (χ2v) is 11.8. The van der Waals surface area contributed by atoms with E-state index in [1.807, 2.05) is 13.8 Å². The van der Waals surface area contributed by atoms with E-state index >= 15 is 0 Å². The van der Waals surface area contributed by atoms with Gasteiger partial charge in [-0.05, 0) is 65.2 Å². The second kappa shape index (κ2) is 15.2. The highest BCUT2D eigenvalue weighted by Crippen LogP contribution is 2.38. The van der Waals surface area contributed by atoms with Gasteiger partial charge >= 0.3 is 12.1 Å². The number of hydrogen-bond donors (Lipinski definition) is 2. The van der Waals surface area contributed by atoms with Crippen molar-refractivity contribution in [3.8, 4) is 5.75 Å². The van der Waals surface area contributed by atoms with Gasteiger partial charge in [-0.3, -0.25) is 19.2 Å². The number of hydrogen-bond acceptors (Lipinski definition) is 9. The summed E-state index contributed by atoms with van der Waals surface area (Å²) in [6.45, 7) is 11.3. The molecule has 1 fully saturated rings. The smallest absolute Gasteiger partial charge is 0.412 e. The van der Waals surface area contributed by atoms with E-state index in [2.05, 4.69) is 5.32 Å². The van der Waals surface area contributed by atoms with E-state index in [1.54, 1.807) is 48.8 Å². The molecule has 1 saturated heterocycles. The molecule has 0 spiro atoms. The summed E-state index contributed by atoms with van der Waals surface area (Å²) in [5.74, 6) is -0.776. The Morgan fingerprint density at radius 3 is 2.57 bits per heavy atom. The molecule has 0 radical (unpaired) electrons.